The highest BCUT2D eigenvalue weighted by molar-refractivity contribution is 6.42. The molecule has 0 atom stereocenters. The molecule has 0 bridgehead atoms. The van der Waals surface area contributed by atoms with E-state index in [2.05, 4.69) is 5.32 Å². The van der Waals surface area contributed by atoms with E-state index in [1.54, 1.807) is 0 Å². The van der Waals surface area contributed by atoms with Crippen LogP contribution in [0.1, 0.15) is 18.4 Å². The normalized spacial score (nSPS) is 15.2. The SMILES string of the molecule is Clc1ccc(CCOCCNC2CC2)cc1Cl. The number of ether oxygens (including phenoxy) is 1. The van der Waals surface area contributed by atoms with Crippen LogP contribution in [0.25, 0.3) is 0 Å². The van der Waals surface area contributed by atoms with Crippen LogP contribution in [0.15, 0.2) is 18.2 Å². The number of halogens is 2. The van der Waals surface area contributed by atoms with E-state index in [0.717, 1.165) is 37.8 Å². The summed E-state index contributed by atoms with van der Waals surface area (Å²) in [6.45, 7) is 2.45. The molecule has 0 heterocycles. The molecular weight excluding hydrogens is 257 g/mol. The second kappa shape index (κ2) is 6.60. The molecule has 4 heteroatoms. The predicted molar refractivity (Wildman–Crippen MR) is 72.0 cm³/mol. The van der Waals surface area contributed by atoms with Crippen molar-refractivity contribution in [1.82, 2.24) is 5.32 Å². The minimum absolute atomic E-state index is 0.602. The van der Waals surface area contributed by atoms with Crippen molar-refractivity contribution in [3.63, 3.8) is 0 Å². The number of hydrogen-bond acceptors (Lipinski definition) is 2. The van der Waals surface area contributed by atoms with Crippen molar-refractivity contribution >= 4 is 23.2 Å². The van der Waals surface area contributed by atoms with Gasteiger partial charge in [0.1, 0.15) is 0 Å². The van der Waals surface area contributed by atoms with E-state index in [1.807, 2.05) is 18.2 Å². The monoisotopic (exact) mass is 273 g/mol. The van der Waals surface area contributed by atoms with Gasteiger partial charge in [0, 0.05) is 12.6 Å². The van der Waals surface area contributed by atoms with Gasteiger partial charge in [0.15, 0.2) is 0 Å². The van der Waals surface area contributed by atoms with Crippen molar-refractivity contribution < 1.29 is 4.74 Å². The summed E-state index contributed by atoms with van der Waals surface area (Å²) in [5.41, 5.74) is 1.16. The third-order valence-electron chi connectivity index (χ3n) is 2.78. The quantitative estimate of drug-likeness (QED) is 0.770. The summed E-state index contributed by atoms with van der Waals surface area (Å²) in [7, 11) is 0. The Morgan fingerprint density at radius 3 is 2.71 bits per heavy atom. The second-order valence-electron chi connectivity index (χ2n) is 4.34. The van der Waals surface area contributed by atoms with Gasteiger partial charge in [0.25, 0.3) is 0 Å². The van der Waals surface area contributed by atoms with Gasteiger partial charge >= 0.3 is 0 Å². The zero-order valence-electron chi connectivity index (χ0n) is 9.72. The van der Waals surface area contributed by atoms with Crippen molar-refractivity contribution in [1.29, 1.82) is 0 Å². The van der Waals surface area contributed by atoms with Gasteiger partial charge < -0.3 is 10.1 Å². The van der Waals surface area contributed by atoms with Crippen molar-refractivity contribution in [3.05, 3.63) is 33.8 Å². The average Bonchev–Trinajstić information content (AvgIpc) is 3.12. The second-order valence-corrected chi connectivity index (χ2v) is 5.15. The maximum atomic E-state index is 5.94. The Labute approximate surface area is 112 Å². The molecule has 0 radical (unpaired) electrons. The minimum Gasteiger partial charge on any atom is -0.380 e. The van der Waals surface area contributed by atoms with Gasteiger partial charge in [-0.15, -0.1) is 0 Å². The third kappa shape index (κ3) is 4.84. The molecule has 1 aliphatic rings. The molecule has 1 saturated carbocycles. The molecule has 1 aliphatic carbocycles. The van der Waals surface area contributed by atoms with Gasteiger partial charge in [-0.1, -0.05) is 29.3 Å². The highest BCUT2D eigenvalue weighted by atomic mass is 35.5. The summed E-state index contributed by atoms with van der Waals surface area (Å²) < 4.78 is 5.55. The Bertz CT molecular complexity index is 366. The molecule has 2 rings (SSSR count). The Hall–Kier alpha value is -0.280. The molecule has 0 aromatic heterocycles. The highest BCUT2D eigenvalue weighted by Crippen LogP contribution is 2.22. The Balaban J connectivity index is 1.58. The van der Waals surface area contributed by atoms with Crippen molar-refractivity contribution in [2.24, 2.45) is 0 Å². The summed E-state index contributed by atoms with van der Waals surface area (Å²) in [4.78, 5) is 0. The molecule has 1 aromatic rings. The van der Waals surface area contributed by atoms with Crippen molar-refractivity contribution in [2.75, 3.05) is 19.8 Å². The van der Waals surface area contributed by atoms with Crippen LogP contribution < -0.4 is 5.32 Å². The van der Waals surface area contributed by atoms with Gasteiger partial charge in [-0.05, 0) is 37.0 Å². The maximum absolute atomic E-state index is 5.94. The molecule has 94 valence electrons. The molecule has 0 unspecified atom stereocenters. The molecule has 0 saturated heterocycles. The van der Waals surface area contributed by atoms with Crippen LogP contribution in [0.5, 0.6) is 0 Å². The van der Waals surface area contributed by atoms with E-state index in [0.29, 0.717) is 10.0 Å². The number of nitrogens with one attached hydrogen (secondary N) is 1. The van der Waals surface area contributed by atoms with Gasteiger partial charge in [-0.3, -0.25) is 0 Å². The van der Waals surface area contributed by atoms with E-state index in [-0.39, 0.29) is 0 Å². The van der Waals surface area contributed by atoms with Crippen LogP contribution in [-0.2, 0) is 11.2 Å². The van der Waals surface area contributed by atoms with E-state index in [9.17, 15) is 0 Å². The van der Waals surface area contributed by atoms with E-state index < -0.39 is 0 Å². The minimum atomic E-state index is 0.602. The fourth-order valence-electron chi connectivity index (χ4n) is 1.61. The first kappa shape index (κ1) is 13.2. The highest BCUT2D eigenvalue weighted by Gasteiger charge is 2.19. The van der Waals surface area contributed by atoms with Crippen LogP contribution in [-0.4, -0.2) is 25.8 Å². The van der Waals surface area contributed by atoms with Gasteiger partial charge in [0.05, 0.1) is 23.3 Å². The Morgan fingerprint density at radius 1 is 1.18 bits per heavy atom. The van der Waals surface area contributed by atoms with Crippen LogP contribution >= 0.6 is 23.2 Å². The van der Waals surface area contributed by atoms with Crippen molar-refractivity contribution in [3.8, 4) is 0 Å². The van der Waals surface area contributed by atoms with Crippen LogP contribution in [0.2, 0.25) is 10.0 Å². The summed E-state index contributed by atoms with van der Waals surface area (Å²) in [5, 5.41) is 4.62. The first-order valence-corrected chi connectivity index (χ1v) is 6.76. The fraction of sp³-hybridized carbons (Fsp3) is 0.538. The smallest absolute Gasteiger partial charge is 0.0595 e. The van der Waals surface area contributed by atoms with Crippen LogP contribution in [0, 0.1) is 0 Å². The summed E-state index contributed by atoms with van der Waals surface area (Å²) in [6.07, 6.45) is 3.52. The predicted octanol–water partition coefficient (Wildman–Crippen LogP) is 3.30. The molecule has 0 aliphatic heterocycles. The van der Waals surface area contributed by atoms with Crippen LogP contribution in [0.4, 0.5) is 0 Å². The first-order valence-electron chi connectivity index (χ1n) is 6.01. The van der Waals surface area contributed by atoms with Gasteiger partial charge in [-0.25, -0.2) is 0 Å². The fourth-order valence-corrected chi connectivity index (χ4v) is 1.93. The molecule has 2 nitrogen and oxygen atoms in total. The molecular formula is C13H17Cl2NO. The van der Waals surface area contributed by atoms with E-state index in [1.165, 1.54) is 12.8 Å². The lowest BCUT2D eigenvalue weighted by atomic mass is 10.2. The molecule has 1 aromatic carbocycles. The zero-order chi connectivity index (χ0) is 12.1. The summed E-state index contributed by atoms with van der Waals surface area (Å²) in [5.74, 6) is 0. The summed E-state index contributed by atoms with van der Waals surface area (Å²) >= 11 is 11.8. The third-order valence-corrected chi connectivity index (χ3v) is 3.51. The van der Waals surface area contributed by atoms with Gasteiger partial charge in [-0.2, -0.15) is 0 Å². The molecule has 0 spiro atoms. The first-order chi connectivity index (χ1) is 8.25. The molecule has 1 fully saturated rings. The standard InChI is InChI=1S/C13H17Cl2NO/c14-12-4-1-10(9-13(12)15)5-7-17-8-6-16-11-2-3-11/h1,4,9,11,16H,2-3,5-8H2. The lowest BCUT2D eigenvalue weighted by Crippen LogP contribution is -2.22. The van der Waals surface area contributed by atoms with Crippen molar-refractivity contribution in [2.45, 2.75) is 25.3 Å². The number of hydrogen-bond donors (Lipinski definition) is 1. The van der Waals surface area contributed by atoms with E-state index >= 15 is 0 Å². The summed E-state index contributed by atoms with van der Waals surface area (Å²) in [6, 6.07) is 6.47. The van der Waals surface area contributed by atoms with Crippen LogP contribution in [0.3, 0.4) is 0 Å². The van der Waals surface area contributed by atoms with Gasteiger partial charge in [0.2, 0.25) is 0 Å². The lowest BCUT2D eigenvalue weighted by Gasteiger charge is -2.06. The zero-order valence-corrected chi connectivity index (χ0v) is 11.2. The average molecular weight is 274 g/mol. The molecule has 1 N–H and O–H groups in total. The largest absolute Gasteiger partial charge is 0.380 e. The maximum Gasteiger partial charge on any atom is 0.0595 e. The topological polar surface area (TPSA) is 21.3 Å². The molecule has 17 heavy (non-hydrogen) atoms. The van der Waals surface area contributed by atoms with E-state index in [4.69, 9.17) is 27.9 Å². The lowest BCUT2D eigenvalue weighted by molar-refractivity contribution is 0.138. The Morgan fingerprint density at radius 2 is 2.00 bits per heavy atom. The Kier molecular flexibility index (Phi) is 5.11. The number of benzene rings is 1. The number of rotatable bonds is 7. The molecule has 0 amide bonds.